The minimum absolute atomic E-state index is 0.0359. The maximum atomic E-state index is 13.5. The van der Waals surface area contributed by atoms with Gasteiger partial charge in [-0.2, -0.15) is 0 Å². The number of anilines is 1. The van der Waals surface area contributed by atoms with Gasteiger partial charge >= 0.3 is 0 Å². The summed E-state index contributed by atoms with van der Waals surface area (Å²) in [7, 11) is 0. The smallest absolute Gasteiger partial charge is 0.168 e. The van der Waals surface area contributed by atoms with E-state index in [9.17, 15) is 13.6 Å². The van der Waals surface area contributed by atoms with E-state index in [1.807, 2.05) is 0 Å². The molecule has 0 aliphatic heterocycles. The molecule has 2 aromatic carbocycles. The van der Waals surface area contributed by atoms with E-state index < -0.39 is 11.6 Å². The Hall–Kier alpha value is -1.75. The van der Waals surface area contributed by atoms with Gasteiger partial charge in [0.2, 0.25) is 0 Å². The summed E-state index contributed by atoms with van der Waals surface area (Å²) in [6, 6.07) is 8.51. The molecule has 0 saturated heterocycles. The summed E-state index contributed by atoms with van der Waals surface area (Å²) in [5, 5.41) is 0. The number of nitrogen functional groups attached to an aromatic ring is 1. The van der Waals surface area contributed by atoms with Crippen LogP contribution in [-0.4, -0.2) is 5.78 Å². The Kier molecular flexibility index (Phi) is 3.95. The zero-order chi connectivity index (χ0) is 14.0. The summed E-state index contributed by atoms with van der Waals surface area (Å²) in [5.41, 5.74) is 6.51. The summed E-state index contributed by atoms with van der Waals surface area (Å²) < 4.78 is 27.1. The lowest BCUT2D eigenvalue weighted by Crippen LogP contribution is -2.07. The lowest BCUT2D eigenvalue weighted by Gasteiger charge is -2.06. The second kappa shape index (κ2) is 5.48. The summed E-state index contributed by atoms with van der Waals surface area (Å²) in [6.07, 6.45) is -0.202. The first-order chi connectivity index (χ1) is 8.99. The predicted octanol–water partition coefficient (Wildman–Crippen LogP) is 3.73. The first-order valence-electron chi connectivity index (χ1n) is 5.50. The molecule has 0 heterocycles. The highest BCUT2D eigenvalue weighted by Gasteiger charge is 2.15. The second-order valence-electron chi connectivity index (χ2n) is 4.05. The fraction of sp³-hybridized carbons (Fsp3) is 0.0714. The molecule has 0 aliphatic rings. The van der Waals surface area contributed by atoms with E-state index in [2.05, 4.69) is 15.9 Å². The lowest BCUT2D eigenvalue weighted by molar-refractivity contribution is 0.0991. The third kappa shape index (κ3) is 2.98. The number of carbonyl (C=O) groups is 1. The van der Waals surface area contributed by atoms with E-state index in [4.69, 9.17) is 5.73 Å². The monoisotopic (exact) mass is 325 g/mol. The Morgan fingerprint density at radius 2 is 1.95 bits per heavy atom. The molecule has 0 aliphatic carbocycles. The number of carbonyl (C=O) groups excluding carboxylic acids is 1. The van der Waals surface area contributed by atoms with E-state index in [1.165, 1.54) is 12.1 Å². The van der Waals surface area contributed by atoms with Crippen LogP contribution in [0.1, 0.15) is 15.9 Å². The number of halogens is 3. The van der Waals surface area contributed by atoms with E-state index in [0.29, 0.717) is 15.7 Å². The second-order valence-corrected chi connectivity index (χ2v) is 4.91. The van der Waals surface area contributed by atoms with Crippen molar-refractivity contribution in [3.63, 3.8) is 0 Å². The van der Waals surface area contributed by atoms with Crippen LogP contribution in [-0.2, 0) is 6.42 Å². The topological polar surface area (TPSA) is 43.1 Å². The highest BCUT2D eigenvalue weighted by Crippen LogP contribution is 2.22. The number of Topliss-reactive ketones (excluding diaryl/α,β-unsaturated/α-hetero) is 1. The van der Waals surface area contributed by atoms with Crippen LogP contribution >= 0.6 is 15.9 Å². The van der Waals surface area contributed by atoms with Crippen molar-refractivity contribution in [2.24, 2.45) is 0 Å². The largest absolute Gasteiger partial charge is 0.399 e. The zero-order valence-electron chi connectivity index (χ0n) is 9.79. The molecule has 2 rings (SSSR count). The van der Waals surface area contributed by atoms with Crippen molar-refractivity contribution in [1.29, 1.82) is 0 Å². The SMILES string of the molecule is Nc1ccc(C(=O)Cc2cccc(F)c2F)c(Br)c1. The first-order valence-corrected chi connectivity index (χ1v) is 6.29. The number of benzene rings is 2. The highest BCUT2D eigenvalue weighted by molar-refractivity contribution is 9.10. The quantitative estimate of drug-likeness (QED) is 0.690. The normalized spacial score (nSPS) is 10.5. The highest BCUT2D eigenvalue weighted by atomic mass is 79.9. The molecule has 0 aromatic heterocycles. The van der Waals surface area contributed by atoms with Crippen molar-refractivity contribution in [2.75, 3.05) is 5.73 Å². The van der Waals surface area contributed by atoms with E-state index in [0.717, 1.165) is 6.07 Å². The standard InChI is InChI=1S/C14H10BrF2NO/c15-11-7-9(18)4-5-10(11)13(19)6-8-2-1-3-12(16)14(8)17/h1-5,7H,6,18H2. The van der Waals surface area contributed by atoms with Gasteiger partial charge < -0.3 is 5.73 Å². The van der Waals surface area contributed by atoms with Crippen molar-refractivity contribution in [3.8, 4) is 0 Å². The van der Waals surface area contributed by atoms with Crippen molar-refractivity contribution in [1.82, 2.24) is 0 Å². The molecule has 0 amide bonds. The molecule has 0 radical (unpaired) electrons. The molecule has 0 bridgehead atoms. The van der Waals surface area contributed by atoms with Crippen LogP contribution in [0, 0.1) is 11.6 Å². The average Bonchev–Trinajstić information content (AvgIpc) is 2.34. The summed E-state index contributed by atoms with van der Waals surface area (Å²) in [5.74, 6) is -2.25. The van der Waals surface area contributed by atoms with Gasteiger partial charge in [-0.05, 0) is 45.8 Å². The van der Waals surface area contributed by atoms with Gasteiger partial charge in [-0.25, -0.2) is 8.78 Å². The average molecular weight is 326 g/mol. The molecule has 2 nitrogen and oxygen atoms in total. The third-order valence-corrected chi connectivity index (χ3v) is 3.33. The van der Waals surface area contributed by atoms with Gasteiger partial charge in [0.05, 0.1) is 0 Å². The maximum Gasteiger partial charge on any atom is 0.168 e. The maximum absolute atomic E-state index is 13.5. The van der Waals surface area contributed by atoms with Gasteiger partial charge in [0, 0.05) is 22.1 Å². The van der Waals surface area contributed by atoms with Crippen molar-refractivity contribution in [3.05, 3.63) is 63.6 Å². The Labute approximate surface area is 117 Å². The summed E-state index contributed by atoms with van der Waals surface area (Å²) >= 11 is 3.23. The first kappa shape index (κ1) is 13.7. The molecular formula is C14H10BrF2NO. The van der Waals surface area contributed by atoms with Gasteiger partial charge in [-0.1, -0.05) is 12.1 Å². The Morgan fingerprint density at radius 3 is 2.63 bits per heavy atom. The van der Waals surface area contributed by atoms with Gasteiger partial charge in [0.1, 0.15) is 0 Å². The Bertz CT molecular complexity index is 643. The van der Waals surface area contributed by atoms with Crippen LogP contribution in [0.2, 0.25) is 0 Å². The summed E-state index contributed by atoms with van der Waals surface area (Å²) in [6.45, 7) is 0. The Balaban J connectivity index is 2.28. The Morgan fingerprint density at radius 1 is 1.21 bits per heavy atom. The number of nitrogens with two attached hydrogens (primary N) is 1. The number of ketones is 1. The number of hydrogen-bond acceptors (Lipinski definition) is 2. The van der Waals surface area contributed by atoms with Crippen molar-refractivity contribution < 1.29 is 13.6 Å². The molecule has 0 saturated carbocycles. The molecule has 0 atom stereocenters. The molecule has 5 heteroatoms. The van der Waals surface area contributed by atoms with E-state index in [-0.39, 0.29) is 17.8 Å². The van der Waals surface area contributed by atoms with Crippen LogP contribution in [0.4, 0.5) is 14.5 Å². The van der Waals surface area contributed by atoms with Crippen LogP contribution < -0.4 is 5.73 Å². The zero-order valence-corrected chi connectivity index (χ0v) is 11.4. The molecule has 2 aromatic rings. The summed E-state index contributed by atoms with van der Waals surface area (Å²) in [4.78, 5) is 12.0. The van der Waals surface area contributed by atoms with Gasteiger partial charge in [-0.15, -0.1) is 0 Å². The van der Waals surface area contributed by atoms with Crippen LogP contribution in [0.3, 0.4) is 0 Å². The minimum atomic E-state index is -0.984. The molecule has 98 valence electrons. The molecule has 0 unspecified atom stereocenters. The van der Waals surface area contributed by atoms with Crippen LogP contribution in [0.15, 0.2) is 40.9 Å². The molecule has 2 N–H and O–H groups in total. The van der Waals surface area contributed by atoms with Gasteiger partial charge in [0.25, 0.3) is 0 Å². The molecular weight excluding hydrogens is 316 g/mol. The predicted molar refractivity (Wildman–Crippen MR) is 72.9 cm³/mol. The van der Waals surface area contributed by atoms with Gasteiger partial charge in [0.15, 0.2) is 17.4 Å². The fourth-order valence-electron chi connectivity index (χ4n) is 1.71. The van der Waals surface area contributed by atoms with Crippen LogP contribution in [0.5, 0.6) is 0 Å². The molecule has 0 spiro atoms. The van der Waals surface area contributed by atoms with E-state index >= 15 is 0 Å². The van der Waals surface area contributed by atoms with Crippen LogP contribution in [0.25, 0.3) is 0 Å². The minimum Gasteiger partial charge on any atom is -0.399 e. The number of hydrogen-bond donors (Lipinski definition) is 1. The third-order valence-electron chi connectivity index (χ3n) is 2.68. The lowest BCUT2D eigenvalue weighted by atomic mass is 10.0. The van der Waals surface area contributed by atoms with Gasteiger partial charge in [-0.3, -0.25) is 4.79 Å². The molecule has 0 fully saturated rings. The van der Waals surface area contributed by atoms with Crippen molar-refractivity contribution >= 4 is 27.4 Å². The van der Waals surface area contributed by atoms with Crippen molar-refractivity contribution in [2.45, 2.75) is 6.42 Å². The number of rotatable bonds is 3. The molecule has 19 heavy (non-hydrogen) atoms. The van der Waals surface area contributed by atoms with E-state index in [1.54, 1.807) is 18.2 Å². The fourth-order valence-corrected chi connectivity index (χ4v) is 2.33.